The van der Waals surface area contributed by atoms with E-state index in [-0.39, 0.29) is 0 Å². The molecule has 1 rings (SSSR count). The maximum atomic E-state index is 9.10. The van der Waals surface area contributed by atoms with Crippen molar-refractivity contribution in [2.45, 2.75) is 56.9 Å². The van der Waals surface area contributed by atoms with Gasteiger partial charge in [-0.15, -0.1) is 0 Å². The fraction of sp³-hybridized carbons (Fsp3) is 0.615. The summed E-state index contributed by atoms with van der Waals surface area (Å²) in [7, 11) is 0. The Morgan fingerprint density at radius 1 is 1.39 bits per heavy atom. The number of unbranched alkanes of at least 4 members (excludes halogenated alkanes) is 1. The van der Waals surface area contributed by atoms with Crippen LogP contribution in [0.25, 0.3) is 0 Å². The van der Waals surface area contributed by atoms with Gasteiger partial charge >= 0.3 is 0 Å². The summed E-state index contributed by atoms with van der Waals surface area (Å²) < 4.78 is 0. The molecule has 1 aromatic heterocycles. The number of nitriles is 1. The molecular formula is C13H20N4S. The van der Waals surface area contributed by atoms with Crippen molar-refractivity contribution >= 4 is 17.6 Å². The predicted octanol–water partition coefficient (Wildman–Crippen LogP) is 3.16. The average molecular weight is 264 g/mol. The molecular weight excluding hydrogens is 244 g/mol. The summed E-state index contributed by atoms with van der Waals surface area (Å²) in [6.45, 7) is 6.38. The molecule has 98 valence electrons. The van der Waals surface area contributed by atoms with Crippen LogP contribution in [0.5, 0.6) is 0 Å². The highest BCUT2D eigenvalue weighted by Crippen LogP contribution is 2.25. The molecule has 0 aliphatic heterocycles. The van der Waals surface area contributed by atoms with E-state index in [0.717, 1.165) is 31.4 Å². The lowest BCUT2D eigenvalue weighted by Gasteiger charge is -2.10. The Morgan fingerprint density at radius 2 is 2.11 bits per heavy atom. The van der Waals surface area contributed by atoms with Crippen molar-refractivity contribution in [1.29, 1.82) is 5.26 Å². The lowest BCUT2D eigenvalue weighted by Crippen LogP contribution is -2.07. The molecule has 1 heterocycles. The van der Waals surface area contributed by atoms with Gasteiger partial charge < -0.3 is 5.73 Å². The normalized spacial score (nSPS) is 12.1. The van der Waals surface area contributed by atoms with Gasteiger partial charge in [-0.25, -0.2) is 9.97 Å². The number of aryl methyl sites for hydroxylation is 1. The van der Waals surface area contributed by atoms with E-state index in [1.54, 1.807) is 11.8 Å². The largest absolute Gasteiger partial charge is 0.382 e. The number of rotatable bonds is 6. The first-order chi connectivity index (χ1) is 8.62. The van der Waals surface area contributed by atoms with Crippen molar-refractivity contribution in [3.8, 4) is 6.07 Å². The Kier molecular flexibility index (Phi) is 5.93. The van der Waals surface area contributed by atoms with E-state index in [0.29, 0.717) is 21.8 Å². The number of thioether (sulfide) groups is 1. The fourth-order valence-electron chi connectivity index (χ4n) is 1.47. The van der Waals surface area contributed by atoms with E-state index in [4.69, 9.17) is 11.0 Å². The van der Waals surface area contributed by atoms with Gasteiger partial charge in [-0.05, 0) is 19.3 Å². The number of nitrogen functional groups attached to an aromatic ring is 1. The molecule has 0 aliphatic carbocycles. The molecule has 0 radical (unpaired) electrons. The molecule has 0 spiro atoms. The molecule has 0 bridgehead atoms. The number of anilines is 1. The van der Waals surface area contributed by atoms with Crippen LogP contribution >= 0.6 is 11.8 Å². The standard InChI is InChI=1S/C13H20N4S/c1-4-6-7-11-10(8-14)12(15)17-13(16-11)18-9(3)5-2/h9H,4-7H2,1-3H3,(H2,15,16,17)/t9-/m1/s1. The maximum Gasteiger partial charge on any atom is 0.190 e. The van der Waals surface area contributed by atoms with Crippen LogP contribution in [0.4, 0.5) is 5.82 Å². The van der Waals surface area contributed by atoms with Crippen LogP contribution in [-0.4, -0.2) is 15.2 Å². The zero-order valence-corrected chi connectivity index (χ0v) is 12.0. The van der Waals surface area contributed by atoms with Crippen molar-refractivity contribution in [3.63, 3.8) is 0 Å². The Labute approximate surface area is 113 Å². The molecule has 1 atom stereocenters. The van der Waals surface area contributed by atoms with E-state index in [2.05, 4.69) is 36.8 Å². The summed E-state index contributed by atoms with van der Waals surface area (Å²) in [5, 5.41) is 10.2. The molecule has 0 fully saturated rings. The molecule has 0 aromatic carbocycles. The lowest BCUT2D eigenvalue weighted by atomic mass is 10.1. The zero-order chi connectivity index (χ0) is 13.5. The summed E-state index contributed by atoms with van der Waals surface area (Å²) in [5.41, 5.74) is 7.07. The smallest absolute Gasteiger partial charge is 0.190 e. The Morgan fingerprint density at radius 3 is 2.67 bits per heavy atom. The summed E-state index contributed by atoms with van der Waals surface area (Å²) in [5.74, 6) is 0.310. The van der Waals surface area contributed by atoms with Crippen molar-refractivity contribution in [2.75, 3.05) is 5.73 Å². The second-order valence-corrected chi connectivity index (χ2v) is 5.67. The van der Waals surface area contributed by atoms with Crippen LogP contribution in [0.3, 0.4) is 0 Å². The molecule has 5 heteroatoms. The Bertz CT molecular complexity index is 439. The van der Waals surface area contributed by atoms with Crippen LogP contribution in [0.2, 0.25) is 0 Å². The van der Waals surface area contributed by atoms with Gasteiger partial charge in [0.1, 0.15) is 17.5 Å². The van der Waals surface area contributed by atoms with E-state index < -0.39 is 0 Å². The number of hydrogen-bond donors (Lipinski definition) is 1. The SMILES string of the molecule is CCCCc1nc(S[C@H](C)CC)nc(N)c1C#N. The Hall–Kier alpha value is -1.28. The van der Waals surface area contributed by atoms with Gasteiger partial charge in [0.05, 0.1) is 5.69 Å². The van der Waals surface area contributed by atoms with Crippen molar-refractivity contribution < 1.29 is 0 Å². The zero-order valence-electron chi connectivity index (χ0n) is 11.2. The summed E-state index contributed by atoms with van der Waals surface area (Å²) in [6.07, 6.45) is 3.93. The quantitative estimate of drug-likeness (QED) is 0.631. The number of nitrogens with zero attached hydrogens (tertiary/aromatic N) is 3. The number of nitrogens with two attached hydrogens (primary N) is 1. The van der Waals surface area contributed by atoms with Crippen LogP contribution in [0.1, 0.15) is 51.3 Å². The highest BCUT2D eigenvalue weighted by atomic mass is 32.2. The molecule has 4 nitrogen and oxygen atoms in total. The minimum absolute atomic E-state index is 0.310. The average Bonchev–Trinajstić information content (AvgIpc) is 2.35. The minimum atomic E-state index is 0.310. The highest BCUT2D eigenvalue weighted by Gasteiger charge is 2.13. The molecule has 0 aliphatic rings. The third-order valence-electron chi connectivity index (χ3n) is 2.75. The number of aromatic nitrogens is 2. The Balaban J connectivity index is 3.02. The third kappa shape index (κ3) is 3.88. The van der Waals surface area contributed by atoms with Gasteiger partial charge in [0.2, 0.25) is 0 Å². The predicted molar refractivity (Wildman–Crippen MR) is 75.4 cm³/mol. The first-order valence-corrected chi connectivity index (χ1v) is 7.23. The van der Waals surface area contributed by atoms with Crippen molar-refractivity contribution in [2.24, 2.45) is 0 Å². The summed E-state index contributed by atoms with van der Waals surface area (Å²) in [4.78, 5) is 8.69. The minimum Gasteiger partial charge on any atom is -0.382 e. The van der Waals surface area contributed by atoms with E-state index >= 15 is 0 Å². The van der Waals surface area contributed by atoms with Gasteiger partial charge in [0.15, 0.2) is 5.16 Å². The van der Waals surface area contributed by atoms with Gasteiger partial charge in [0, 0.05) is 5.25 Å². The second kappa shape index (κ2) is 7.22. The van der Waals surface area contributed by atoms with E-state index in [1.807, 2.05) is 0 Å². The molecule has 0 saturated carbocycles. The van der Waals surface area contributed by atoms with Gasteiger partial charge in [-0.1, -0.05) is 39.0 Å². The monoisotopic (exact) mass is 264 g/mol. The molecule has 2 N–H and O–H groups in total. The lowest BCUT2D eigenvalue weighted by molar-refractivity contribution is 0.754. The van der Waals surface area contributed by atoms with Crippen LogP contribution in [0, 0.1) is 11.3 Å². The first kappa shape index (κ1) is 14.8. The van der Waals surface area contributed by atoms with E-state index in [1.165, 1.54) is 0 Å². The second-order valence-electron chi connectivity index (χ2n) is 4.27. The van der Waals surface area contributed by atoms with Crippen LogP contribution in [-0.2, 0) is 6.42 Å². The van der Waals surface area contributed by atoms with Crippen LogP contribution in [0.15, 0.2) is 5.16 Å². The molecule has 0 unspecified atom stereocenters. The van der Waals surface area contributed by atoms with Gasteiger partial charge in [0.25, 0.3) is 0 Å². The molecule has 18 heavy (non-hydrogen) atoms. The van der Waals surface area contributed by atoms with E-state index in [9.17, 15) is 0 Å². The van der Waals surface area contributed by atoms with Gasteiger partial charge in [-0.2, -0.15) is 5.26 Å². The summed E-state index contributed by atoms with van der Waals surface area (Å²) in [6, 6.07) is 2.11. The van der Waals surface area contributed by atoms with Gasteiger partial charge in [-0.3, -0.25) is 0 Å². The summed E-state index contributed by atoms with van der Waals surface area (Å²) >= 11 is 1.61. The molecule has 1 aromatic rings. The maximum absolute atomic E-state index is 9.10. The van der Waals surface area contributed by atoms with Crippen molar-refractivity contribution in [3.05, 3.63) is 11.3 Å². The van der Waals surface area contributed by atoms with Crippen LogP contribution < -0.4 is 5.73 Å². The topological polar surface area (TPSA) is 75.6 Å². The fourth-order valence-corrected chi connectivity index (χ4v) is 2.31. The number of hydrogen-bond acceptors (Lipinski definition) is 5. The first-order valence-electron chi connectivity index (χ1n) is 6.35. The third-order valence-corrected chi connectivity index (χ3v) is 3.88. The molecule has 0 saturated heterocycles. The highest BCUT2D eigenvalue weighted by molar-refractivity contribution is 7.99. The van der Waals surface area contributed by atoms with Crippen molar-refractivity contribution in [1.82, 2.24) is 9.97 Å². The molecule has 0 amide bonds.